The van der Waals surface area contributed by atoms with E-state index in [2.05, 4.69) is 28.1 Å². The van der Waals surface area contributed by atoms with E-state index in [1.165, 1.54) is 23.0 Å². The smallest absolute Gasteiger partial charge is 0.271 e. The van der Waals surface area contributed by atoms with Gasteiger partial charge in [0.15, 0.2) is 4.80 Å². The summed E-state index contributed by atoms with van der Waals surface area (Å²) in [6, 6.07) is 20.3. The van der Waals surface area contributed by atoms with Crippen molar-refractivity contribution in [2.45, 2.75) is 25.8 Å². The van der Waals surface area contributed by atoms with E-state index in [1.54, 1.807) is 16.7 Å². The van der Waals surface area contributed by atoms with Crippen molar-refractivity contribution in [1.82, 2.24) is 4.57 Å². The minimum Gasteiger partial charge on any atom is -0.272 e. The Bertz CT molecular complexity index is 1780. The van der Waals surface area contributed by atoms with Gasteiger partial charge >= 0.3 is 0 Å². The lowest BCUT2D eigenvalue weighted by Gasteiger charge is -2.30. The first-order chi connectivity index (χ1) is 17.4. The molecule has 6 nitrogen and oxygen atoms in total. The van der Waals surface area contributed by atoms with Gasteiger partial charge in [-0.05, 0) is 59.7 Å². The fourth-order valence-electron chi connectivity index (χ4n) is 4.98. The average molecular weight is 558 g/mol. The summed E-state index contributed by atoms with van der Waals surface area (Å²) in [5.74, 6) is 0. The number of nitrogens with zero attached hydrogens (tertiary/aromatic N) is 3. The molecule has 178 valence electrons. The minimum absolute atomic E-state index is 0.00879. The van der Waals surface area contributed by atoms with Crippen molar-refractivity contribution < 1.29 is 4.92 Å². The Labute approximate surface area is 218 Å². The Morgan fingerprint density at radius 1 is 1.11 bits per heavy atom. The molecule has 1 aliphatic carbocycles. The topological polar surface area (TPSA) is 77.5 Å². The van der Waals surface area contributed by atoms with Gasteiger partial charge in [0.1, 0.15) is 0 Å². The third-order valence-electron chi connectivity index (χ3n) is 6.76. The average Bonchev–Trinajstić information content (AvgIpc) is 3.19. The van der Waals surface area contributed by atoms with E-state index >= 15 is 0 Å². The predicted molar refractivity (Wildman–Crippen MR) is 145 cm³/mol. The lowest BCUT2D eigenvalue weighted by Crippen LogP contribution is -2.38. The summed E-state index contributed by atoms with van der Waals surface area (Å²) in [7, 11) is 0. The highest BCUT2D eigenvalue weighted by Gasteiger charge is 2.33. The van der Waals surface area contributed by atoms with E-state index < -0.39 is 11.0 Å². The van der Waals surface area contributed by atoms with Crippen LogP contribution in [-0.4, -0.2) is 9.49 Å². The minimum atomic E-state index is -0.448. The third kappa shape index (κ3) is 3.77. The molecule has 0 radical (unpaired) electrons. The molecule has 1 aromatic heterocycles. The van der Waals surface area contributed by atoms with Crippen molar-refractivity contribution in [1.29, 1.82) is 0 Å². The first kappa shape index (κ1) is 22.8. The van der Waals surface area contributed by atoms with Gasteiger partial charge < -0.3 is 0 Å². The molecular formula is C28H20BrN3O3S. The van der Waals surface area contributed by atoms with Crippen LogP contribution in [0.5, 0.6) is 0 Å². The number of halogens is 1. The largest absolute Gasteiger partial charge is 0.272 e. The van der Waals surface area contributed by atoms with Gasteiger partial charge in [-0.15, -0.1) is 0 Å². The second-order valence-corrected chi connectivity index (χ2v) is 10.8. The van der Waals surface area contributed by atoms with Crippen LogP contribution in [0.4, 0.5) is 5.69 Å². The van der Waals surface area contributed by atoms with Crippen molar-refractivity contribution in [3.05, 3.63) is 134 Å². The molecule has 0 fully saturated rings. The summed E-state index contributed by atoms with van der Waals surface area (Å²) in [4.78, 5) is 30.6. The maximum absolute atomic E-state index is 13.8. The Hall–Kier alpha value is -3.62. The molecule has 4 aromatic rings. The molecule has 0 saturated heterocycles. The van der Waals surface area contributed by atoms with Gasteiger partial charge in [-0.25, -0.2) is 4.99 Å². The van der Waals surface area contributed by atoms with Crippen LogP contribution in [0.25, 0.3) is 11.8 Å². The van der Waals surface area contributed by atoms with Crippen molar-refractivity contribution in [2.24, 2.45) is 4.99 Å². The molecule has 8 heteroatoms. The number of aryl methyl sites for hydroxylation is 2. The van der Waals surface area contributed by atoms with Gasteiger partial charge in [0.25, 0.3) is 11.2 Å². The monoisotopic (exact) mass is 557 g/mol. The maximum Gasteiger partial charge on any atom is 0.271 e. The van der Waals surface area contributed by atoms with E-state index in [9.17, 15) is 14.9 Å². The van der Waals surface area contributed by atoms with Gasteiger partial charge in [0.2, 0.25) is 0 Å². The normalized spacial score (nSPS) is 16.7. The molecule has 36 heavy (non-hydrogen) atoms. The van der Waals surface area contributed by atoms with Crippen molar-refractivity contribution in [2.75, 3.05) is 0 Å². The first-order valence-electron chi connectivity index (χ1n) is 11.5. The summed E-state index contributed by atoms with van der Waals surface area (Å²) in [5.41, 5.74) is 6.80. The zero-order valence-electron chi connectivity index (χ0n) is 19.3. The lowest BCUT2D eigenvalue weighted by atomic mass is 9.83. The molecule has 0 saturated carbocycles. The number of aromatic nitrogens is 1. The molecule has 1 atom stereocenters. The number of hydrogen-bond donors (Lipinski definition) is 0. The summed E-state index contributed by atoms with van der Waals surface area (Å²) in [6.07, 6.45) is 3.45. The predicted octanol–water partition coefficient (Wildman–Crippen LogP) is 5.30. The summed E-state index contributed by atoms with van der Waals surface area (Å²) in [5, 5.41) is 11.6. The standard InChI is InChI=1S/C28H20BrN3O3S/c1-16-9-10-17(13-23(16)29)14-24-27(33)31-26(19-6-4-7-20(15-19)32(34)35)22-12-11-18-5-2-3-8-21(18)25(22)30-28(31)36-24/h2-10,13-15,26H,11-12H2,1H3/b24-14+/t26-/m0/s1. The molecule has 0 amide bonds. The van der Waals surface area contributed by atoms with Crippen LogP contribution in [-0.2, 0) is 6.42 Å². The summed E-state index contributed by atoms with van der Waals surface area (Å²) in [6.45, 7) is 2.02. The van der Waals surface area contributed by atoms with Crippen molar-refractivity contribution in [3.63, 3.8) is 0 Å². The molecule has 3 aromatic carbocycles. The Balaban J connectivity index is 1.62. The zero-order valence-corrected chi connectivity index (χ0v) is 21.7. The number of hydrogen-bond acceptors (Lipinski definition) is 5. The molecule has 6 rings (SSSR count). The number of thiazole rings is 1. The first-order valence-corrected chi connectivity index (χ1v) is 13.2. The SMILES string of the molecule is Cc1ccc(/C=c2/sc3n(c2=O)[C@@H](c2cccc([N+](=O)[O-])c2)C2=C(N=3)c3ccccc3CC2)cc1Br. The van der Waals surface area contributed by atoms with E-state index in [0.29, 0.717) is 9.33 Å². The van der Waals surface area contributed by atoms with Crippen molar-refractivity contribution >= 4 is 44.7 Å². The number of allylic oxidation sites excluding steroid dienone is 1. The molecule has 2 heterocycles. The zero-order chi connectivity index (χ0) is 25.0. The molecular weight excluding hydrogens is 538 g/mol. The Morgan fingerprint density at radius 3 is 2.75 bits per heavy atom. The highest BCUT2D eigenvalue weighted by Crippen LogP contribution is 2.41. The number of nitro benzene ring substituents is 1. The second-order valence-electron chi connectivity index (χ2n) is 8.97. The van der Waals surface area contributed by atoms with E-state index in [4.69, 9.17) is 4.99 Å². The van der Waals surface area contributed by atoms with E-state index in [1.807, 2.05) is 49.4 Å². The molecule has 2 aliphatic rings. The fraction of sp³-hybridized carbons (Fsp3) is 0.143. The second kappa shape index (κ2) is 8.80. The van der Waals surface area contributed by atoms with Crippen LogP contribution in [0.1, 0.15) is 40.3 Å². The number of fused-ring (bicyclic) bond motifs is 3. The quantitative estimate of drug-likeness (QED) is 0.253. The van der Waals surface area contributed by atoms with E-state index in [0.717, 1.165) is 50.8 Å². The van der Waals surface area contributed by atoms with E-state index in [-0.39, 0.29) is 11.2 Å². The summed E-state index contributed by atoms with van der Waals surface area (Å²) < 4.78 is 3.27. The highest BCUT2D eigenvalue weighted by molar-refractivity contribution is 9.10. The Kier molecular flexibility index (Phi) is 5.58. The van der Waals surface area contributed by atoms with Crippen LogP contribution in [0.2, 0.25) is 0 Å². The number of benzene rings is 3. The number of nitro groups is 1. The van der Waals surface area contributed by atoms with Crippen LogP contribution in [0.15, 0.2) is 86.6 Å². The van der Waals surface area contributed by atoms with Gasteiger partial charge in [-0.1, -0.05) is 75.8 Å². The molecule has 0 spiro atoms. The lowest BCUT2D eigenvalue weighted by molar-refractivity contribution is -0.384. The van der Waals surface area contributed by atoms with Gasteiger partial charge in [0.05, 0.1) is 21.2 Å². The molecule has 0 bridgehead atoms. The summed E-state index contributed by atoms with van der Waals surface area (Å²) >= 11 is 4.92. The van der Waals surface area contributed by atoms with Crippen LogP contribution in [0, 0.1) is 17.0 Å². The highest BCUT2D eigenvalue weighted by atomic mass is 79.9. The van der Waals surface area contributed by atoms with Crippen LogP contribution >= 0.6 is 27.3 Å². The van der Waals surface area contributed by atoms with Gasteiger partial charge in [-0.2, -0.15) is 0 Å². The van der Waals surface area contributed by atoms with Crippen LogP contribution < -0.4 is 14.9 Å². The van der Waals surface area contributed by atoms with Crippen LogP contribution in [0.3, 0.4) is 0 Å². The maximum atomic E-state index is 13.8. The van der Waals surface area contributed by atoms with Gasteiger partial charge in [0, 0.05) is 22.2 Å². The van der Waals surface area contributed by atoms with Crippen molar-refractivity contribution in [3.8, 4) is 0 Å². The Morgan fingerprint density at radius 2 is 1.94 bits per heavy atom. The molecule has 0 N–H and O–H groups in total. The molecule has 1 aliphatic heterocycles. The van der Waals surface area contributed by atoms with Gasteiger partial charge in [-0.3, -0.25) is 19.5 Å². The third-order valence-corrected chi connectivity index (χ3v) is 8.60. The molecule has 0 unspecified atom stereocenters. The fourth-order valence-corrected chi connectivity index (χ4v) is 6.38. The number of non-ortho nitro benzene ring substituents is 1. The number of rotatable bonds is 3.